The average molecular weight is 212 g/mol. The first kappa shape index (κ1) is 13.0. The maximum absolute atomic E-state index is 3.79. The molecule has 90 valence electrons. The molecule has 1 fully saturated rings. The van der Waals surface area contributed by atoms with Crippen LogP contribution in [0.2, 0.25) is 0 Å². The summed E-state index contributed by atoms with van der Waals surface area (Å²) in [5.74, 6) is 0. The van der Waals surface area contributed by atoms with E-state index in [2.05, 4.69) is 37.9 Å². The van der Waals surface area contributed by atoms with Crippen LogP contribution in [0.15, 0.2) is 0 Å². The molecule has 0 aromatic heterocycles. The van der Waals surface area contributed by atoms with Crippen LogP contribution in [0.3, 0.4) is 0 Å². The second-order valence-electron chi connectivity index (χ2n) is 5.08. The monoisotopic (exact) mass is 212 g/mol. The zero-order valence-electron chi connectivity index (χ0n) is 10.9. The van der Waals surface area contributed by atoms with Crippen LogP contribution in [0.25, 0.3) is 0 Å². The van der Waals surface area contributed by atoms with Crippen LogP contribution < -0.4 is 5.32 Å². The van der Waals surface area contributed by atoms with Gasteiger partial charge in [0.25, 0.3) is 0 Å². The molecule has 1 rings (SSSR count). The number of piperidine rings is 1. The van der Waals surface area contributed by atoms with Crippen LogP contribution in [-0.2, 0) is 0 Å². The lowest BCUT2D eigenvalue weighted by molar-refractivity contribution is 0.155. The minimum Gasteiger partial charge on any atom is -0.311 e. The van der Waals surface area contributed by atoms with Gasteiger partial charge in [-0.25, -0.2) is 0 Å². The van der Waals surface area contributed by atoms with Gasteiger partial charge >= 0.3 is 0 Å². The highest BCUT2D eigenvalue weighted by Crippen LogP contribution is 2.14. The smallest absolute Gasteiger partial charge is 0.00940 e. The van der Waals surface area contributed by atoms with E-state index < -0.39 is 0 Å². The van der Waals surface area contributed by atoms with Gasteiger partial charge in [0.1, 0.15) is 0 Å². The molecule has 0 atom stereocenters. The van der Waals surface area contributed by atoms with E-state index >= 15 is 0 Å². The highest BCUT2D eigenvalue weighted by molar-refractivity contribution is 4.81. The molecule has 2 nitrogen and oxygen atoms in total. The Kier molecular flexibility index (Phi) is 5.62. The molecule has 0 aromatic rings. The standard InChI is InChI=1S/C13H28N2/c1-5-12(6-2)14-13-7-9-15(10-8-13)11(3)4/h11-14H,5-10H2,1-4H3. The van der Waals surface area contributed by atoms with Gasteiger partial charge in [0.15, 0.2) is 0 Å². The van der Waals surface area contributed by atoms with Crippen molar-refractivity contribution in [3.8, 4) is 0 Å². The number of likely N-dealkylation sites (tertiary alicyclic amines) is 1. The van der Waals surface area contributed by atoms with E-state index in [1.807, 2.05) is 0 Å². The Labute approximate surface area is 95.4 Å². The fourth-order valence-electron chi connectivity index (χ4n) is 2.44. The number of hydrogen-bond acceptors (Lipinski definition) is 2. The highest BCUT2D eigenvalue weighted by atomic mass is 15.2. The largest absolute Gasteiger partial charge is 0.311 e. The average Bonchev–Trinajstić information content (AvgIpc) is 2.26. The number of hydrogen-bond donors (Lipinski definition) is 1. The minimum atomic E-state index is 0.721. The molecule has 0 bridgehead atoms. The zero-order chi connectivity index (χ0) is 11.3. The lowest BCUT2D eigenvalue weighted by atomic mass is 10.0. The topological polar surface area (TPSA) is 15.3 Å². The van der Waals surface area contributed by atoms with Crippen molar-refractivity contribution in [2.24, 2.45) is 0 Å². The molecule has 0 aromatic carbocycles. The van der Waals surface area contributed by atoms with E-state index in [9.17, 15) is 0 Å². The fraction of sp³-hybridized carbons (Fsp3) is 1.00. The van der Waals surface area contributed by atoms with Gasteiger partial charge in [-0.1, -0.05) is 13.8 Å². The van der Waals surface area contributed by atoms with E-state index in [0.717, 1.165) is 18.1 Å². The van der Waals surface area contributed by atoms with Gasteiger partial charge in [0.05, 0.1) is 0 Å². The minimum absolute atomic E-state index is 0.721. The summed E-state index contributed by atoms with van der Waals surface area (Å²) < 4.78 is 0. The number of nitrogens with one attached hydrogen (secondary N) is 1. The molecule has 1 heterocycles. The van der Waals surface area contributed by atoms with Crippen LogP contribution in [-0.4, -0.2) is 36.1 Å². The zero-order valence-corrected chi connectivity index (χ0v) is 10.9. The molecular weight excluding hydrogens is 184 g/mol. The molecule has 0 aliphatic carbocycles. The number of nitrogens with zero attached hydrogens (tertiary/aromatic N) is 1. The molecule has 1 aliphatic rings. The molecule has 1 aliphatic heterocycles. The normalized spacial score (nSPS) is 20.4. The van der Waals surface area contributed by atoms with E-state index in [4.69, 9.17) is 0 Å². The third-order valence-corrected chi connectivity index (χ3v) is 3.72. The summed E-state index contributed by atoms with van der Waals surface area (Å²) in [7, 11) is 0. The van der Waals surface area contributed by atoms with Crippen LogP contribution in [0, 0.1) is 0 Å². The predicted molar refractivity (Wildman–Crippen MR) is 67.2 cm³/mol. The first-order valence-corrected chi connectivity index (χ1v) is 6.67. The van der Waals surface area contributed by atoms with Crippen molar-refractivity contribution in [3.05, 3.63) is 0 Å². The first-order chi connectivity index (χ1) is 7.17. The van der Waals surface area contributed by atoms with Crippen molar-refractivity contribution in [2.75, 3.05) is 13.1 Å². The van der Waals surface area contributed by atoms with Crippen molar-refractivity contribution < 1.29 is 0 Å². The third kappa shape index (κ3) is 4.12. The Morgan fingerprint density at radius 2 is 1.67 bits per heavy atom. The van der Waals surface area contributed by atoms with Crippen molar-refractivity contribution in [2.45, 2.75) is 71.5 Å². The second-order valence-corrected chi connectivity index (χ2v) is 5.08. The van der Waals surface area contributed by atoms with Crippen molar-refractivity contribution in [1.82, 2.24) is 10.2 Å². The van der Waals surface area contributed by atoms with Gasteiger partial charge in [-0.3, -0.25) is 0 Å². The van der Waals surface area contributed by atoms with Gasteiger partial charge in [-0.05, 0) is 52.6 Å². The fourth-order valence-corrected chi connectivity index (χ4v) is 2.44. The molecule has 1 saturated heterocycles. The van der Waals surface area contributed by atoms with E-state index in [-0.39, 0.29) is 0 Å². The van der Waals surface area contributed by atoms with Crippen LogP contribution in [0.4, 0.5) is 0 Å². The molecule has 0 saturated carbocycles. The van der Waals surface area contributed by atoms with Crippen LogP contribution in [0.1, 0.15) is 53.4 Å². The highest BCUT2D eigenvalue weighted by Gasteiger charge is 2.21. The molecule has 0 unspecified atom stereocenters. The number of rotatable bonds is 5. The molecule has 1 N–H and O–H groups in total. The first-order valence-electron chi connectivity index (χ1n) is 6.67. The summed E-state index contributed by atoms with van der Waals surface area (Å²) in [5.41, 5.74) is 0. The summed E-state index contributed by atoms with van der Waals surface area (Å²) in [6.45, 7) is 11.7. The second kappa shape index (κ2) is 6.49. The Morgan fingerprint density at radius 1 is 1.13 bits per heavy atom. The summed E-state index contributed by atoms with van der Waals surface area (Å²) >= 11 is 0. The van der Waals surface area contributed by atoms with Gasteiger partial charge in [-0.2, -0.15) is 0 Å². The van der Waals surface area contributed by atoms with Gasteiger partial charge in [-0.15, -0.1) is 0 Å². The molecule has 0 radical (unpaired) electrons. The van der Waals surface area contributed by atoms with Crippen LogP contribution in [0.5, 0.6) is 0 Å². The Hall–Kier alpha value is -0.0800. The predicted octanol–water partition coefficient (Wildman–Crippen LogP) is 2.64. The van der Waals surface area contributed by atoms with Crippen LogP contribution >= 0.6 is 0 Å². The molecule has 15 heavy (non-hydrogen) atoms. The molecule has 0 spiro atoms. The van der Waals surface area contributed by atoms with E-state index in [1.54, 1.807) is 0 Å². The third-order valence-electron chi connectivity index (χ3n) is 3.72. The quantitative estimate of drug-likeness (QED) is 0.753. The Morgan fingerprint density at radius 3 is 2.07 bits per heavy atom. The molecule has 2 heteroatoms. The maximum Gasteiger partial charge on any atom is 0.00940 e. The lowest BCUT2D eigenvalue weighted by Crippen LogP contribution is -2.47. The van der Waals surface area contributed by atoms with Crippen molar-refractivity contribution >= 4 is 0 Å². The van der Waals surface area contributed by atoms with E-state index in [0.29, 0.717) is 0 Å². The van der Waals surface area contributed by atoms with E-state index in [1.165, 1.54) is 38.8 Å². The summed E-state index contributed by atoms with van der Waals surface area (Å²) in [6.07, 6.45) is 5.19. The van der Waals surface area contributed by atoms with Gasteiger partial charge in [0.2, 0.25) is 0 Å². The summed E-state index contributed by atoms with van der Waals surface area (Å²) in [5, 5.41) is 3.79. The SMILES string of the molecule is CCC(CC)NC1CCN(C(C)C)CC1. The Bertz CT molecular complexity index is 156. The Balaban J connectivity index is 2.25. The van der Waals surface area contributed by atoms with Gasteiger partial charge < -0.3 is 10.2 Å². The van der Waals surface area contributed by atoms with Gasteiger partial charge in [0, 0.05) is 18.1 Å². The summed E-state index contributed by atoms with van der Waals surface area (Å²) in [4.78, 5) is 2.59. The molecular formula is C13H28N2. The maximum atomic E-state index is 3.79. The van der Waals surface area contributed by atoms with Crippen molar-refractivity contribution in [3.63, 3.8) is 0 Å². The molecule has 0 amide bonds. The lowest BCUT2D eigenvalue weighted by Gasteiger charge is -2.36. The summed E-state index contributed by atoms with van der Waals surface area (Å²) in [6, 6.07) is 2.23. The van der Waals surface area contributed by atoms with Crippen molar-refractivity contribution in [1.29, 1.82) is 0 Å².